The Morgan fingerprint density at radius 3 is 2.37 bits per heavy atom. The number of sulfonamides is 1. The largest absolute Gasteiger partial charge is 0.497 e. The van der Waals surface area contributed by atoms with E-state index in [0.717, 1.165) is 51.3 Å². The van der Waals surface area contributed by atoms with Crippen LogP contribution in [0.3, 0.4) is 0 Å². The molecule has 1 atom stereocenters. The minimum Gasteiger partial charge on any atom is -0.497 e. The van der Waals surface area contributed by atoms with Gasteiger partial charge in [-0.3, -0.25) is 4.98 Å². The van der Waals surface area contributed by atoms with Gasteiger partial charge >= 0.3 is 0 Å². The van der Waals surface area contributed by atoms with Gasteiger partial charge in [0.1, 0.15) is 11.6 Å². The Kier molecular flexibility index (Phi) is 6.96. The fourth-order valence-electron chi connectivity index (χ4n) is 4.50. The average Bonchev–Trinajstić information content (AvgIpc) is 3.30. The van der Waals surface area contributed by atoms with Crippen molar-refractivity contribution in [2.75, 3.05) is 7.11 Å². The Bertz CT molecular complexity index is 1430. The summed E-state index contributed by atoms with van der Waals surface area (Å²) >= 11 is 0. The maximum Gasteiger partial charge on any atom is 0.211 e. The lowest BCUT2D eigenvalue weighted by molar-refractivity contribution is 0.415. The Morgan fingerprint density at radius 1 is 1.03 bits per heavy atom. The summed E-state index contributed by atoms with van der Waals surface area (Å²) in [6.07, 6.45) is 5.12. The van der Waals surface area contributed by atoms with Gasteiger partial charge in [0.15, 0.2) is 0 Å². The van der Waals surface area contributed by atoms with Gasteiger partial charge in [0.25, 0.3) is 0 Å². The molecule has 0 fully saturated rings. The van der Waals surface area contributed by atoms with Crippen molar-refractivity contribution in [3.05, 3.63) is 66.7 Å². The van der Waals surface area contributed by atoms with Crippen molar-refractivity contribution in [3.8, 4) is 28.3 Å². The van der Waals surface area contributed by atoms with E-state index in [1.165, 1.54) is 0 Å². The molecule has 0 saturated heterocycles. The van der Waals surface area contributed by atoms with Crippen LogP contribution in [0.15, 0.2) is 60.9 Å². The van der Waals surface area contributed by atoms with Gasteiger partial charge in [0, 0.05) is 28.9 Å². The Balaban J connectivity index is 1.82. The van der Waals surface area contributed by atoms with Crippen LogP contribution in [0.1, 0.15) is 45.9 Å². The van der Waals surface area contributed by atoms with Crippen LogP contribution in [0.25, 0.3) is 33.3 Å². The molecule has 0 aliphatic carbocycles. The molecule has 8 heteroatoms. The zero-order valence-corrected chi connectivity index (χ0v) is 21.4. The number of imidazole rings is 1. The Morgan fingerprint density at radius 2 is 1.71 bits per heavy atom. The molecule has 0 bridgehead atoms. The number of hydrogen-bond acceptors (Lipinski definition) is 5. The third-order valence-corrected chi connectivity index (χ3v) is 7.78. The third-order valence-electron chi connectivity index (χ3n) is 6.45. The lowest BCUT2D eigenvalue weighted by Gasteiger charge is -2.26. The summed E-state index contributed by atoms with van der Waals surface area (Å²) in [5.74, 6) is 1.53. The number of nitrogens with zero attached hydrogens (tertiary/aromatic N) is 2. The van der Waals surface area contributed by atoms with E-state index in [2.05, 4.69) is 22.1 Å². The number of nitrogens with one attached hydrogen (secondary N) is 1. The highest BCUT2D eigenvalue weighted by Crippen LogP contribution is 2.37. The van der Waals surface area contributed by atoms with E-state index in [-0.39, 0.29) is 0 Å². The first-order chi connectivity index (χ1) is 16.6. The highest BCUT2D eigenvalue weighted by Gasteiger charge is 2.34. The number of nitrogens with two attached hydrogens (primary N) is 1. The first-order valence-corrected chi connectivity index (χ1v) is 13.3. The van der Waals surface area contributed by atoms with Crippen LogP contribution in [0.4, 0.5) is 0 Å². The number of fused-ring (bicyclic) bond motifs is 1. The zero-order chi connectivity index (χ0) is 25.2. The summed E-state index contributed by atoms with van der Waals surface area (Å²) in [6, 6.07) is 16.1. The predicted octanol–water partition coefficient (Wildman–Crippen LogP) is 5.43. The molecule has 35 heavy (non-hydrogen) atoms. The van der Waals surface area contributed by atoms with Crippen LogP contribution in [0.5, 0.6) is 5.75 Å². The van der Waals surface area contributed by atoms with Gasteiger partial charge < -0.3 is 9.72 Å². The molecule has 7 nitrogen and oxygen atoms in total. The van der Waals surface area contributed by atoms with E-state index in [4.69, 9.17) is 14.9 Å². The number of H-pyrrole nitrogens is 1. The molecule has 0 saturated carbocycles. The Hall–Kier alpha value is -3.23. The smallest absolute Gasteiger partial charge is 0.211 e. The van der Waals surface area contributed by atoms with Crippen molar-refractivity contribution in [1.29, 1.82) is 0 Å². The molecule has 184 valence electrons. The van der Waals surface area contributed by atoms with Gasteiger partial charge in [-0.1, -0.05) is 45.4 Å². The van der Waals surface area contributed by atoms with Crippen molar-refractivity contribution >= 4 is 20.8 Å². The number of benzene rings is 2. The molecule has 2 heterocycles. The number of aromatic amines is 1. The second-order valence-electron chi connectivity index (χ2n) is 9.56. The molecule has 4 aromatic rings. The highest BCUT2D eigenvalue weighted by atomic mass is 32.2. The summed E-state index contributed by atoms with van der Waals surface area (Å²) in [6.45, 7) is 5.98. The van der Waals surface area contributed by atoms with Gasteiger partial charge in [-0.2, -0.15) is 0 Å². The summed E-state index contributed by atoms with van der Waals surface area (Å²) in [7, 11) is -2.01. The van der Waals surface area contributed by atoms with Crippen LogP contribution in [0, 0.1) is 0 Å². The van der Waals surface area contributed by atoms with Crippen molar-refractivity contribution < 1.29 is 13.2 Å². The van der Waals surface area contributed by atoms with Crippen molar-refractivity contribution in [2.45, 2.75) is 50.7 Å². The van der Waals surface area contributed by atoms with Crippen LogP contribution in [-0.2, 0) is 15.4 Å². The fourth-order valence-corrected chi connectivity index (χ4v) is 5.71. The van der Waals surface area contributed by atoms with Gasteiger partial charge in [-0.25, -0.2) is 18.5 Å². The quantitative estimate of drug-likeness (QED) is 0.324. The Labute approximate surface area is 206 Å². The number of methoxy groups -OCH3 is 1. The molecule has 3 N–H and O–H groups in total. The highest BCUT2D eigenvalue weighted by molar-refractivity contribution is 7.89. The minimum absolute atomic E-state index is 0.375. The molecule has 4 rings (SSSR count). The monoisotopic (exact) mass is 492 g/mol. The number of rotatable bonds is 9. The first kappa shape index (κ1) is 24.9. The van der Waals surface area contributed by atoms with E-state index in [9.17, 15) is 8.42 Å². The fraction of sp³-hybridized carbons (Fsp3) is 0.333. The summed E-state index contributed by atoms with van der Waals surface area (Å²) in [5, 5.41) is 7.09. The lowest BCUT2D eigenvalue weighted by Crippen LogP contribution is -2.35. The van der Waals surface area contributed by atoms with Crippen LogP contribution in [0.2, 0.25) is 0 Å². The van der Waals surface area contributed by atoms with E-state index in [1.54, 1.807) is 19.5 Å². The molecule has 0 spiro atoms. The number of ether oxygens (including phenoxy) is 1. The normalized spacial score (nSPS) is 13.2. The van der Waals surface area contributed by atoms with E-state index < -0.39 is 20.7 Å². The molecular formula is C27H32N4O3S. The maximum absolute atomic E-state index is 12.2. The van der Waals surface area contributed by atoms with Crippen molar-refractivity contribution in [1.82, 2.24) is 15.0 Å². The third kappa shape index (κ3) is 5.39. The minimum atomic E-state index is -3.67. The predicted molar refractivity (Wildman–Crippen MR) is 141 cm³/mol. The van der Waals surface area contributed by atoms with Gasteiger partial charge in [0.2, 0.25) is 10.0 Å². The lowest BCUT2D eigenvalue weighted by atomic mass is 9.86. The number of aromatic nitrogens is 3. The maximum atomic E-state index is 12.2. The average molecular weight is 493 g/mol. The van der Waals surface area contributed by atoms with E-state index in [1.807, 2.05) is 57.2 Å². The molecule has 2 aromatic carbocycles. The molecule has 1 unspecified atom stereocenters. The second kappa shape index (κ2) is 9.79. The molecule has 0 aliphatic rings. The van der Waals surface area contributed by atoms with E-state index in [0.29, 0.717) is 12.8 Å². The zero-order valence-electron chi connectivity index (χ0n) is 20.6. The standard InChI is InChI=1S/C27H32N4O3S/c1-5-6-23(35(28,32)33)17-27(2,3)26-30-24(18-11-13-29-14-12-18)25(31-26)21-8-7-20-16-22(34-4)10-9-19(20)15-21/h7-16,23H,5-6,17H2,1-4H3,(H,30,31)(H2,28,32,33). The molecule has 0 amide bonds. The number of pyridine rings is 1. The van der Waals surface area contributed by atoms with Gasteiger partial charge in [-0.15, -0.1) is 0 Å². The topological polar surface area (TPSA) is 111 Å². The van der Waals surface area contributed by atoms with Crippen molar-refractivity contribution in [3.63, 3.8) is 0 Å². The SMILES string of the molecule is CCCC(CC(C)(C)c1nc(-c2ccc3cc(OC)ccc3c2)c(-c2ccncc2)[nH]1)S(N)(=O)=O. The number of hydrogen-bond donors (Lipinski definition) is 2. The summed E-state index contributed by atoms with van der Waals surface area (Å²) < 4.78 is 29.8. The summed E-state index contributed by atoms with van der Waals surface area (Å²) in [5.41, 5.74) is 3.04. The van der Waals surface area contributed by atoms with E-state index >= 15 is 0 Å². The molecule has 0 aliphatic heterocycles. The summed E-state index contributed by atoms with van der Waals surface area (Å²) in [4.78, 5) is 12.7. The van der Waals surface area contributed by atoms with Gasteiger partial charge in [-0.05, 0) is 53.9 Å². The molecule has 2 aromatic heterocycles. The number of primary sulfonamides is 1. The van der Waals surface area contributed by atoms with Crippen LogP contribution >= 0.6 is 0 Å². The van der Waals surface area contributed by atoms with Gasteiger partial charge in [0.05, 0.1) is 23.7 Å². The molecule has 0 radical (unpaired) electrons. The first-order valence-electron chi connectivity index (χ1n) is 11.7. The second-order valence-corrected chi connectivity index (χ2v) is 11.4. The molecular weight excluding hydrogens is 460 g/mol. The van der Waals surface area contributed by atoms with Crippen LogP contribution in [-0.4, -0.2) is 35.7 Å². The van der Waals surface area contributed by atoms with Crippen molar-refractivity contribution in [2.24, 2.45) is 5.14 Å². The van der Waals surface area contributed by atoms with Crippen LogP contribution < -0.4 is 9.88 Å².